The second kappa shape index (κ2) is 6.33. The van der Waals surface area contributed by atoms with Crippen LogP contribution in [0.5, 0.6) is 0 Å². The monoisotopic (exact) mass is 366 g/mol. The third kappa shape index (κ3) is 3.63. The largest absolute Gasteiger partial charge is 0.418 e. The molecular weight excluding hydrogens is 349 g/mol. The Morgan fingerprint density at radius 3 is 2.56 bits per heavy atom. The summed E-state index contributed by atoms with van der Waals surface area (Å²) >= 11 is 0.869. The second-order valence-corrected chi connectivity index (χ2v) is 7.08. The van der Waals surface area contributed by atoms with E-state index in [1.807, 2.05) is 0 Å². The number of rotatable bonds is 2. The number of hydrogen-bond acceptors (Lipinski definition) is 4. The molecule has 0 saturated heterocycles. The van der Waals surface area contributed by atoms with E-state index in [0.29, 0.717) is 16.5 Å². The van der Waals surface area contributed by atoms with Crippen molar-refractivity contribution in [3.05, 3.63) is 40.6 Å². The van der Waals surface area contributed by atoms with Crippen molar-refractivity contribution in [2.24, 2.45) is 10.7 Å². The van der Waals surface area contributed by atoms with Gasteiger partial charge in [0.15, 0.2) is 5.17 Å². The Hall–Kier alpha value is -2.09. The van der Waals surface area contributed by atoms with Gasteiger partial charge < -0.3 is 5.73 Å². The van der Waals surface area contributed by atoms with E-state index in [1.165, 1.54) is 13.1 Å². The quantitative estimate of drug-likeness (QED) is 0.609. The average Bonchev–Trinajstić information content (AvgIpc) is 3.37. The Kier molecular flexibility index (Phi) is 4.49. The minimum atomic E-state index is -4.50. The molecule has 132 valence electrons. The number of halogens is 3. The molecule has 3 rings (SSSR count). The third-order valence-corrected chi connectivity index (χ3v) is 4.96. The Morgan fingerprint density at radius 1 is 1.32 bits per heavy atom. The van der Waals surface area contributed by atoms with Crippen molar-refractivity contribution in [3.63, 3.8) is 0 Å². The van der Waals surface area contributed by atoms with Gasteiger partial charge in [0.2, 0.25) is 0 Å². The summed E-state index contributed by atoms with van der Waals surface area (Å²) in [7, 11) is 1.48. The molecule has 0 unspecified atom stereocenters. The fourth-order valence-electron chi connectivity index (χ4n) is 2.70. The highest BCUT2D eigenvalue weighted by Gasteiger charge is 2.36. The summed E-state index contributed by atoms with van der Waals surface area (Å²) in [6.45, 7) is 1.74. The van der Waals surface area contributed by atoms with Crippen molar-refractivity contribution in [1.29, 1.82) is 5.41 Å². The molecule has 25 heavy (non-hydrogen) atoms. The lowest BCUT2D eigenvalue weighted by Crippen LogP contribution is -2.13. The van der Waals surface area contributed by atoms with Crippen LogP contribution in [-0.4, -0.2) is 22.2 Å². The molecule has 1 aliphatic carbocycles. The van der Waals surface area contributed by atoms with E-state index in [2.05, 4.69) is 9.98 Å². The zero-order chi connectivity index (χ0) is 18.4. The van der Waals surface area contributed by atoms with Crippen LogP contribution < -0.4 is 5.73 Å². The Labute approximate surface area is 147 Å². The maximum atomic E-state index is 13.6. The fourth-order valence-corrected chi connectivity index (χ4v) is 3.21. The number of nitrogens with one attached hydrogen (secondary N) is 1. The van der Waals surface area contributed by atoms with Gasteiger partial charge in [0.1, 0.15) is 5.04 Å². The lowest BCUT2D eigenvalue weighted by Gasteiger charge is -2.15. The van der Waals surface area contributed by atoms with Crippen LogP contribution in [0.2, 0.25) is 0 Å². The van der Waals surface area contributed by atoms with Crippen molar-refractivity contribution in [3.8, 4) is 0 Å². The molecule has 0 spiro atoms. The molecule has 0 atom stereocenters. The fraction of sp³-hybridized carbons (Fsp3) is 0.353. The van der Waals surface area contributed by atoms with E-state index >= 15 is 0 Å². The maximum absolute atomic E-state index is 13.6. The highest BCUT2D eigenvalue weighted by Crippen LogP contribution is 2.44. The van der Waals surface area contributed by atoms with Crippen LogP contribution in [0.15, 0.2) is 23.2 Å². The smallest absolute Gasteiger partial charge is 0.378 e. The van der Waals surface area contributed by atoms with E-state index in [0.717, 1.165) is 24.6 Å². The van der Waals surface area contributed by atoms with Crippen molar-refractivity contribution >= 4 is 32.9 Å². The number of fused-ring (bicyclic) bond motifs is 1. The van der Waals surface area contributed by atoms with Crippen LogP contribution in [0.1, 0.15) is 41.1 Å². The van der Waals surface area contributed by atoms with Crippen LogP contribution in [0.4, 0.5) is 13.2 Å². The molecule has 0 amide bonds. The van der Waals surface area contributed by atoms with Crippen molar-refractivity contribution in [2.45, 2.75) is 31.9 Å². The van der Waals surface area contributed by atoms with Gasteiger partial charge >= 0.3 is 6.18 Å². The standard InChI is InChI=1S/C17H17F3N4S/c1-8-5-13(15(21)25-16(22)23-2)24-14-11(8)6-10(9-3-4-9)7-12(14)17(18,19)20/h5-7,9,21H,3-4H2,1-2H3,(H2,22,23). The second-order valence-electron chi connectivity index (χ2n) is 6.05. The molecule has 0 bridgehead atoms. The molecular formula is C17H17F3N4S. The summed E-state index contributed by atoms with van der Waals surface area (Å²) < 4.78 is 40.7. The molecule has 1 fully saturated rings. The molecule has 1 heterocycles. The number of aryl methyl sites for hydroxylation is 1. The lowest BCUT2D eigenvalue weighted by molar-refractivity contribution is -0.136. The molecule has 1 aliphatic rings. The molecule has 0 aliphatic heterocycles. The molecule has 4 nitrogen and oxygen atoms in total. The van der Waals surface area contributed by atoms with Crippen LogP contribution in [0.25, 0.3) is 10.9 Å². The van der Waals surface area contributed by atoms with Gasteiger partial charge in [0, 0.05) is 12.4 Å². The molecule has 1 aromatic carbocycles. The van der Waals surface area contributed by atoms with Gasteiger partial charge in [-0.3, -0.25) is 10.4 Å². The zero-order valence-electron chi connectivity index (χ0n) is 13.7. The summed E-state index contributed by atoms with van der Waals surface area (Å²) in [5.41, 5.74) is 6.25. The first kappa shape index (κ1) is 17.7. The molecule has 1 saturated carbocycles. The number of alkyl halides is 3. The topological polar surface area (TPSA) is 75.1 Å². The first-order valence-corrected chi connectivity index (χ1v) is 8.54. The number of pyridine rings is 1. The molecule has 2 aromatic rings. The SMILES string of the molecule is CN=C(N)SC(=N)c1cc(C)c2cc(C3CC3)cc(C(F)(F)F)c2n1. The molecule has 1 aromatic heterocycles. The summed E-state index contributed by atoms with van der Waals surface area (Å²) in [5.74, 6) is 0.207. The zero-order valence-corrected chi connectivity index (χ0v) is 14.6. The summed E-state index contributed by atoms with van der Waals surface area (Å²) in [6, 6.07) is 4.62. The van der Waals surface area contributed by atoms with E-state index < -0.39 is 11.7 Å². The minimum absolute atomic E-state index is 0.0347. The average molecular weight is 366 g/mol. The van der Waals surface area contributed by atoms with Gasteiger partial charge in [-0.1, -0.05) is 0 Å². The Morgan fingerprint density at radius 2 is 2.00 bits per heavy atom. The van der Waals surface area contributed by atoms with Crippen molar-refractivity contribution in [1.82, 2.24) is 4.98 Å². The molecule has 3 N–H and O–H groups in total. The number of benzene rings is 1. The highest BCUT2D eigenvalue weighted by molar-refractivity contribution is 8.26. The van der Waals surface area contributed by atoms with Crippen molar-refractivity contribution in [2.75, 3.05) is 7.05 Å². The normalized spacial score (nSPS) is 15.6. The number of amidine groups is 1. The number of nitrogens with two attached hydrogens (primary N) is 1. The first-order chi connectivity index (χ1) is 11.7. The van der Waals surface area contributed by atoms with Crippen molar-refractivity contribution < 1.29 is 13.2 Å². The van der Waals surface area contributed by atoms with Gasteiger partial charge in [-0.15, -0.1) is 0 Å². The Bertz CT molecular complexity index is 886. The van der Waals surface area contributed by atoms with Gasteiger partial charge in [0.05, 0.1) is 16.8 Å². The van der Waals surface area contributed by atoms with E-state index in [1.54, 1.807) is 19.1 Å². The van der Waals surface area contributed by atoms with Crippen LogP contribution >= 0.6 is 11.8 Å². The van der Waals surface area contributed by atoms with E-state index in [-0.39, 0.29) is 27.3 Å². The predicted octanol–water partition coefficient (Wildman–Crippen LogP) is 4.44. The van der Waals surface area contributed by atoms with Crippen LogP contribution in [-0.2, 0) is 6.18 Å². The van der Waals surface area contributed by atoms with Crippen LogP contribution in [0, 0.1) is 12.3 Å². The number of aliphatic imine (C=N–C) groups is 1. The van der Waals surface area contributed by atoms with Gasteiger partial charge in [-0.25, -0.2) is 4.98 Å². The molecule has 8 heteroatoms. The first-order valence-electron chi connectivity index (χ1n) is 7.72. The van der Waals surface area contributed by atoms with Gasteiger partial charge in [0.25, 0.3) is 0 Å². The highest BCUT2D eigenvalue weighted by atomic mass is 32.2. The van der Waals surface area contributed by atoms with Gasteiger partial charge in [-0.05, 0) is 66.8 Å². The summed E-state index contributed by atoms with van der Waals surface area (Å²) in [5, 5.41) is 8.64. The lowest BCUT2D eigenvalue weighted by atomic mass is 9.98. The number of aromatic nitrogens is 1. The number of thioether (sulfide) groups is 1. The van der Waals surface area contributed by atoms with E-state index in [9.17, 15) is 13.2 Å². The molecule has 0 radical (unpaired) electrons. The summed E-state index contributed by atoms with van der Waals surface area (Å²) in [4.78, 5) is 7.88. The maximum Gasteiger partial charge on any atom is 0.418 e. The van der Waals surface area contributed by atoms with Crippen LogP contribution in [0.3, 0.4) is 0 Å². The number of hydrogen-bond donors (Lipinski definition) is 2. The Balaban J connectivity index is 2.18. The summed E-state index contributed by atoms with van der Waals surface area (Å²) in [6.07, 6.45) is -2.66. The predicted molar refractivity (Wildman–Crippen MR) is 95.4 cm³/mol. The number of nitrogens with zero attached hydrogens (tertiary/aromatic N) is 2. The van der Waals surface area contributed by atoms with Gasteiger partial charge in [-0.2, -0.15) is 13.2 Å². The minimum Gasteiger partial charge on any atom is -0.378 e. The third-order valence-electron chi connectivity index (χ3n) is 4.16. The van der Waals surface area contributed by atoms with E-state index in [4.69, 9.17) is 11.1 Å².